The first-order chi connectivity index (χ1) is 6.75. The summed E-state index contributed by atoms with van der Waals surface area (Å²) in [4.78, 5) is 11.4. The van der Waals surface area contributed by atoms with Gasteiger partial charge in [0, 0.05) is 4.11 Å². The molecule has 0 aromatic heterocycles. The van der Waals surface area contributed by atoms with E-state index in [1.54, 1.807) is 0 Å². The molecular formula is C8H5Cl2FO. The van der Waals surface area contributed by atoms with Crippen molar-refractivity contribution in [2.24, 2.45) is 0 Å². The van der Waals surface area contributed by atoms with E-state index in [-0.39, 0.29) is 5.02 Å². The second-order valence-electron chi connectivity index (χ2n) is 2.05. The van der Waals surface area contributed by atoms with Gasteiger partial charge in [-0.1, -0.05) is 23.2 Å². The quantitative estimate of drug-likeness (QED) is 0.513. The SMILES string of the molecule is [2H]C([2H])([2H])C(=O)c1c(Cl)ccc(F)c1Cl. The summed E-state index contributed by atoms with van der Waals surface area (Å²) >= 11 is 11.0. The molecular weight excluding hydrogens is 202 g/mol. The zero-order valence-electron chi connectivity index (χ0n) is 8.70. The van der Waals surface area contributed by atoms with Gasteiger partial charge in [-0.25, -0.2) is 4.39 Å². The van der Waals surface area contributed by atoms with E-state index in [4.69, 9.17) is 27.3 Å². The summed E-state index contributed by atoms with van der Waals surface area (Å²) in [6.07, 6.45) is 0. The third-order valence-corrected chi connectivity index (χ3v) is 1.96. The molecule has 1 aromatic rings. The monoisotopic (exact) mass is 209 g/mol. The van der Waals surface area contributed by atoms with Crippen LogP contribution < -0.4 is 0 Å². The van der Waals surface area contributed by atoms with Gasteiger partial charge < -0.3 is 0 Å². The lowest BCUT2D eigenvalue weighted by Gasteiger charge is -2.02. The standard InChI is InChI=1S/C8H5Cl2FO/c1-4(12)7-5(9)2-3-6(11)8(7)10/h2-3H,1H3/i1D3. The fraction of sp³-hybridized carbons (Fsp3) is 0.125. The number of carbonyl (C=O) groups is 1. The molecule has 0 aliphatic heterocycles. The molecule has 0 aliphatic carbocycles. The summed E-state index contributed by atoms with van der Waals surface area (Å²) in [6, 6.07) is 2.04. The molecule has 0 saturated heterocycles. The largest absolute Gasteiger partial charge is 0.294 e. The van der Waals surface area contributed by atoms with E-state index in [1.165, 1.54) is 0 Å². The number of Topliss-reactive ketones (excluding diaryl/α,β-unsaturated/α-hetero) is 1. The van der Waals surface area contributed by atoms with Gasteiger partial charge in [0.25, 0.3) is 0 Å². The Morgan fingerprint density at radius 3 is 2.83 bits per heavy atom. The molecule has 1 nitrogen and oxygen atoms in total. The molecule has 12 heavy (non-hydrogen) atoms. The zero-order valence-corrected chi connectivity index (χ0v) is 7.21. The lowest BCUT2D eigenvalue weighted by molar-refractivity contribution is 0.101. The first kappa shape index (κ1) is 5.95. The lowest BCUT2D eigenvalue weighted by Crippen LogP contribution is -1.96. The van der Waals surface area contributed by atoms with Crippen LogP contribution in [0.3, 0.4) is 0 Å². The van der Waals surface area contributed by atoms with Gasteiger partial charge >= 0.3 is 0 Å². The Hall–Kier alpha value is -0.600. The number of benzene rings is 1. The van der Waals surface area contributed by atoms with Crippen LogP contribution in [0.15, 0.2) is 12.1 Å². The molecule has 0 unspecified atom stereocenters. The number of halogens is 3. The highest BCUT2D eigenvalue weighted by atomic mass is 35.5. The van der Waals surface area contributed by atoms with E-state index in [0.717, 1.165) is 12.1 Å². The number of hydrogen-bond acceptors (Lipinski definition) is 1. The zero-order chi connectivity index (χ0) is 11.8. The average Bonchev–Trinajstić information content (AvgIpc) is 2.10. The van der Waals surface area contributed by atoms with Crippen molar-refractivity contribution in [3.63, 3.8) is 0 Å². The normalized spacial score (nSPS) is 14.8. The number of carbonyl (C=O) groups excluding carboxylic acids is 1. The smallest absolute Gasteiger partial charge is 0.162 e. The molecule has 64 valence electrons. The highest BCUT2D eigenvalue weighted by Gasteiger charge is 2.13. The van der Waals surface area contributed by atoms with Crippen molar-refractivity contribution >= 4 is 29.0 Å². The Morgan fingerprint density at radius 1 is 1.58 bits per heavy atom. The van der Waals surface area contributed by atoms with Gasteiger partial charge in [0.2, 0.25) is 0 Å². The molecule has 0 fully saturated rings. The molecule has 0 amide bonds. The maximum Gasteiger partial charge on any atom is 0.162 e. The number of hydrogen-bond donors (Lipinski definition) is 0. The summed E-state index contributed by atoms with van der Waals surface area (Å²) in [5.41, 5.74) is -0.502. The van der Waals surface area contributed by atoms with Gasteiger partial charge in [-0.2, -0.15) is 0 Å². The predicted octanol–water partition coefficient (Wildman–Crippen LogP) is 3.34. The van der Waals surface area contributed by atoms with E-state index < -0.39 is 29.0 Å². The van der Waals surface area contributed by atoms with E-state index in [0.29, 0.717) is 0 Å². The maximum atomic E-state index is 13.0. The number of rotatable bonds is 1. The minimum absolute atomic E-state index is 0.178. The van der Waals surface area contributed by atoms with E-state index in [9.17, 15) is 9.18 Å². The maximum absolute atomic E-state index is 13.0. The van der Waals surface area contributed by atoms with E-state index in [1.807, 2.05) is 0 Å². The molecule has 0 bridgehead atoms. The van der Waals surface area contributed by atoms with Gasteiger partial charge in [-0.05, 0) is 19.0 Å². The Bertz CT molecular complexity index is 417. The minimum Gasteiger partial charge on any atom is -0.294 e. The van der Waals surface area contributed by atoms with Gasteiger partial charge in [-0.3, -0.25) is 4.79 Å². The van der Waals surface area contributed by atoms with Crippen molar-refractivity contribution in [1.82, 2.24) is 0 Å². The van der Waals surface area contributed by atoms with Crippen LogP contribution in [0.1, 0.15) is 21.3 Å². The van der Waals surface area contributed by atoms with Crippen LogP contribution in [0.2, 0.25) is 10.0 Å². The Labute approximate surface area is 83.3 Å². The van der Waals surface area contributed by atoms with E-state index in [2.05, 4.69) is 0 Å². The average molecular weight is 210 g/mol. The molecule has 0 saturated carbocycles. The fourth-order valence-electron chi connectivity index (χ4n) is 0.735. The summed E-state index contributed by atoms with van der Waals surface area (Å²) in [5, 5.41) is -0.744. The van der Waals surface area contributed by atoms with Gasteiger partial charge in [0.1, 0.15) is 5.82 Å². The van der Waals surface area contributed by atoms with Gasteiger partial charge in [-0.15, -0.1) is 0 Å². The lowest BCUT2D eigenvalue weighted by atomic mass is 10.1. The van der Waals surface area contributed by atoms with E-state index >= 15 is 0 Å². The van der Waals surface area contributed by atoms with Crippen molar-refractivity contribution in [2.75, 3.05) is 0 Å². The molecule has 0 radical (unpaired) electrons. The molecule has 0 N–H and O–H groups in total. The third kappa shape index (κ3) is 1.59. The molecule has 0 aliphatic rings. The van der Waals surface area contributed by atoms with Crippen molar-refractivity contribution < 1.29 is 13.3 Å². The molecule has 0 heterocycles. The Morgan fingerprint density at radius 2 is 2.25 bits per heavy atom. The van der Waals surface area contributed by atoms with Crippen LogP contribution in [0.25, 0.3) is 0 Å². The molecule has 1 aromatic carbocycles. The predicted molar refractivity (Wildman–Crippen MR) is 46.4 cm³/mol. The van der Waals surface area contributed by atoms with Gasteiger partial charge in [0.15, 0.2) is 5.78 Å². The topological polar surface area (TPSA) is 17.1 Å². The third-order valence-electron chi connectivity index (χ3n) is 1.27. The first-order valence-corrected chi connectivity index (χ1v) is 3.69. The molecule has 0 spiro atoms. The summed E-state index contributed by atoms with van der Waals surface area (Å²) in [5.74, 6) is -2.15. The van der Waals surface area contributed by atoms with Crippen LogP contribution in [-0.4, -0.2) is 5.78 Å². The van der Waals surface area contributed by atoms with Crippen LogP contribution in [0.4, 0.5) is 4.39 Å². The number of ketones is 1. The van der Waals surface area contributed by atoms with Crippen molar-refractivity contribution in [1.29, 1.82) is 0 Å². The van der Waals surface area contributed by atoms with Crippen LogP contribution in [0, 0.1) is 5.82 Å². The highest BCUT2D eigenvalue weighted by Crippen LogP contribution is 2.27. The fourth-order valence-corrected chi connectivity index (χ4v) is 1.28. The summed E-state index contributed by atoms with van der Waals surface area (Å²) < 4.78 is 33.6. The molecule has 4 heteroatoms. The van der Waals surface area contributed by atoms with Crippen LogP contribution in [-0.2, 0) is 0 Å². The van der Waals surface area contributed by atoms with Crippen molar-refractivity contribution in [3.05, 3.63) is 33.6 Å². The second-order valence-corrected chi connectivity index (χ2v) is 2.83. The van der Waals surface area contributed by atoms with Crippen LogP contribution in [0.5, 0.6) is 0 Å². The van der Waals surface area contributed by atoms with Crippen molar-refractivity contribution in [2.45, 2.75) is 6.85 Å². The highest BCUT2D eigenvalue weighted by molar-refractivity contribution is 6.39. The summed E-state index contributed by atoms with van der Waals surface area (Å²) in [6.45, 7) is -2.89. The molecule has 1 rings (SSSR count). The minimum atomic E-state index is -2.89. The Kier molecular flexibility index (Phi) is 1.69. The van der Waals surface area contributed by atoms with Gasteiger partial charge in [0.05, 0.1) is 15.6 Å². The van der Waals surface area contributed by atoms with Crippen LogP contribution >= 0.6 is 23.2 Å². The first-order valence-electron chi connectivity index (χ1n) is 4.43. The summed E-state index contributed by atoms with van der Waals surface area (Å²) in [7, 11) is 0. The molecule has 0 atom stereocenters. The Balaban J connectivity index is 3.38. The van der Waals surface area contributed by atoms with Crippen molar-refractivity contribution in [3.8, 4) is 0 Å². The second kappa shape index (κ2) is 3.42.